The molecular formula is C22H18F4O. The molecule has 0 saturated heterocycles. The van der Waals surface area contributed by atoms with Gasteiger partial charge in [0, 0.05) is 5.56 Å². The molecule has 0 fully saturated rings. The van der Waals surface area contributed by atoms with Crippen LogP contribution in [-0.2, 0) is 6.42 Å². The number of alkyl halides is 3. The summed E-state index contributed by atoms with van der Waals surface area (Å²) >= 11 is 0. The molecule has 0 aliphatic rings. The van der Waals surface area contributed by atoms with E-state index >= 15 is 0 Å². The molecule has 0 atom stereocenters. The van der Waals surface area contributed by atoms with Crippen molar-refractivity contribution in [3.05, 3.63) is 78.1 Å². The minimum absolute atomic E-state index is 0.262. The highest BCUT2D eigenvalue weighted by atomic mass is 19.4. The fraction of sp³-hybridized carbons (Fsp3) is 0.182. The van der Waals surface area contributed by atoms with Crippen molar-refractivity contribution < 1.29 is 22.3 Å². The third-order valence-electron chi connectivity index (χ3n) is 4.19. The first-order valence-corrected chi connectivity index (χ1v) is 8.61. The van der Waals surface area contributed by atoms with E-state index in [1.165, 1.54) is 12.1 Å². The molecule has 3 rings (SSSR count). The van der Waals surface area contributed by atoms with Crippen LogP contribution in [0.25, 0.3) is 22.3 Å². The van der Waals surface area contributed by atoms with E-state index in [1.54, 1.807) is 36.4 Å². The Hall–Kier alpha value is -2.82. The molecule has 0 aliphatic carbocycles. The molecule has 0 unspecified atom stereocenters. The van der Waals surface area contributed by atoms with Gasteiger partial charge in [-0.05, 0) is 46.9 Å². The van der Waals surface area contributed by atoms with Crippen LogP contribution in [0.5, 0.6) is 5.75 Å². The molecule has 0 spiro atoms. The zero-order valence-corrected chi connectivity index (χ0v) is 14.7. The topological polar surface area (TPSA) is 9.23 Å². The molecule has 0 aliphatic heterocycles. The van der Waals surface area contributed by atoms with Crippen LogP contribution in [-0.4, -0.2) is 6.36 Å². The van der Waals surface area contributed by atoms with Crippen LogP contribution in [0, 0.1) is 5.82 Å². The number of hydrogen-bond donors (Lipinski definition) is 0. The zero-order valence-electron chi connectivity index (χ0n) is 14.7. The van der Waals surface area contributed by atoms with E-state index in [1.807, 2.05) is 25.1 Å². The van der Waals surface area contributed by atoms with E-state index in [9.17, 15) is 17.6 Å². The molecule has 0 bridgehead atoms. The van der Waals surface area contributed by atoms with Gasteiger partial charge in [-0.2, -0.15) is 0 Å². The third kappa shape index (κ3) is 4.88. The minimum atomic E-state index is -4.71. The van der Waals surface area contributed by atoms with Crippen molar-refractivity contribution >= 4 is 0 Å². The maximum atomic E-state index is 14.4. The number of rotatable bonds is 5. The average molecular weight is 374 g/mol. The molecule has 27 heavy (non-hydrogen) atoms. The van der Waals surface area contributed by atoms with Gasteiger partial charge in [0.15, 0.2) is 0 Å². The highest BCUT2D eigenvalue weighted by Gasteiger charge is 2.30. The zero-order chi connectivity index (χ0) is 19.4. The quantitative estimate of drug-likeness (QED) is 0.436. The van der Waals surface area contributed by atoms with Crippen LogP contribution in [0.2, 0.25) is 0 Å². The molecule has 0 saturated carbocycles. The van der Waals surface area contributed by atoms with Crippen molar-refractivity contribution in [3.63, 3.8) is 0 Å². The largest absolute Gasteiger partial charge is 0.573 e. The van der Waals surface area contributed by atoms with Crippen LogP contribution < -0.4 is 4.74 Å². The molecule has 0 aromatic heterocycles. The summed E-state index contributed by atoms with van der Waals surface area (Å²) in [6.07, 6.45) is -2.91. The highest BCUT2D eigenvalue weighted by Crippen LogP contribution is 2.29. The van der Waals surface area contributed by atoms with Gasteiger partial charge in [-0.15, -0.1) is 13.2 Å². The molecular weight excluding hydrogens is 356 g/mol. The first kappa shape index (κ1) is 19.0. The summed E-state index contributed by atoms with van der Waals surface area (Å²) in [4.78, 5) is 0. The number of ether oxygens (including phenoxy) is 1. The van der Waals surface area contributed by atoms with E-state index < -0.39 is 6.36 Å². The standard InChI is InChI=1S/C22H18F4O/c1-2-3-15-4-13-20(21(23)14-15)18-7-5-16(6-8-18)17-9-11-19(12-10-17)27-22(24,25)26/h4-14H,2-3H2,1H3. The fourth-order valence-corrected chi connectivity index (χ4v) is 2.93. The summed E-state index contributed by atoms with van der Waals surface area (Å²) in [6.45, 7) is 2.05. The maximum Gasteiger partial charge on any atom is 0.573 e. The van der Waals surface area contributed by atoms with Crippen molar-refractivity contribution in [1.29, 1.82) is 0 Å². The van der Waals surface area contributed by atoms with Gasteiger partial charge in [-0.1, -0.05) is 61.9 Å². The van der Waals surface area contributed by atoms with E-state index in [2.05, 4.69) is 4.74 Å². The summed E-state index contributed by atoms with van der Waals surface area (Å²) in [5, 5.41) is 0. The Morgan fingerprint density at radius 2 is 1.33 bits per heavy atom. The molecule has 0 radical (unpaired) electrons. The van der Waals surface area contributed by atoms with Gasteiger partial charge in [-0.25, -0.2) is 4.39 Å². The van der Waals surface area contributed by atoms with Gasteiger partial charge in [0.05, 0.1) is 0 Å². The minimum Gasteiger partial charge on any atom is -0.406 e. The molecule has 3 aromatic rings. The van der Waals surface area contributed by atoms with Crippen molar-refractivity contribution in [3.8, 4) is 28.0 Å². The SMILES string of the molecule is CCCc1ccc(-c2ccc(-c3ccc(OC(F)(F)F)cc3)cc2)c(F)c1. The van der Waals surface area contributed by atoms with Crippen LogP contribution >= 0.6 is 0 Å². The van der Waals surface area contributed by atoms with Gasteiger partial charge in [0.2, 0.25) is 0 Å². The Balaban J connectivity index is 1.79. The van der Waals surface area contributed by atoms with Crippen molar-refractivity contribution in [1.82, 2.24) is 0 Å². The summed E-state index contributed by atoms with van der Waals surface area (Å²) in [6, 6.07) is 18.1. The van der Waals surface area contributed by atoms with Crippen LogP contribution in [0.3, 0.4) is 0 Å². The second-order valence-electron chi connectivity index (χ2n) is 6.21. The molecule has 3 aromatic carbocycles. The summed E-state index contributed by atoms with van der Waals surface area (Å²) in [5.74, 6) is -0.528. The van der Waals surface area contributed by atoms with Gasteiger partial charge in [0.25, 0.3) is 0 Å². The monoisotopic (exact) mass is 374 g/mol. The predicted octanol–water partition coefficient (Wildman–Crippen LogP) is 7.01. The molecule has 1 nitrogen and oxygen atoms in total. The lowest BCUT2D eigenvalue weighted by molar-refractivity contribution is -0.274. The fourth-order valence-electron chi connectivity index (χ4n) is 2.93. The van der Waals surface area contributed by atoms with Crippen molar-refractivity contribution in [2.45, 2.75) is 26.1 Å². The smallest absolute Gasteiger partial charge is 0.406 e. The molecule has 0 amide bonds. The van der Waals surface area contributed by atoms with Gasteiger partial charge < -0.3 is 4.74 Å². The van der Waals surface area contributed by atoms with E-state index in [0.29, 0.717) is 5.56 Å². The van der Waals surface area contributed by atoms with Crippen LogP contribution in [0.15, 0.2) is 66.7 Å². The summed E-state index contributed by atoms with van der Waals surface area (Å²) < 4.78 is 54.9. The van der Waals surface area contributed by atoms with Gasteiger partial charge >= 0.3 is 6.36 Å². The predicted molar refractivity (Wildman–Crippen MR) is 98.0 cm³/mol. The highest BCUT2D eigenvalue weighted by molar-refractivity contribution is 5.71. The number of benzene rings is 3. The molecule has 140 valence electrons. The van der Waals surface area contributed by atoms with Gasteiger partial charge in [0.1, 0.15) is 11.6 Å². The lowest BCUT2D eigenvalue weighted by atomic mass is 9.98. The summed E-state index contributed by atoms with van der Waals surface area (Å²) in [7, 11) is 0. The van der Waals surface area contributed by atoms with E-state index in [-0.39, 0.29) is 11.6 Å². The maximum absolute atomic E-state index is 14.4. The Labute approximate surface area is 155 Å². The van der Waals surface area contributed by atoms with Crippen molar-refractivity contribution in [2.24, 2.45) is 0 Å². The Kier molecular flexibility index (Phi) is 5.49. The Morgan fingerprint density at radius 3 is 1.85 bits per heavy atom. The molecule has 0 heterocycles. The normalized spacial score (nSPS) is 11.4. The second-order valence-corrected chi connectivity index (χ2v) is 6.21. The van der Waals surface area contributed by atoms with Gasteiger partial charge in [-0.3, -0.25) is 0 Å². The Morgan fingerprint density at radius 1 is 0.778 bits per heavy atom. The summed E-state index contributed by atoms with van der Waals surface area (Å²) in [5.41, 5.74) is 3.80. The van der Waals surface area contributed by atoms with Crippen LogP contribution in [0.1, 0.15) is 18.9 Å². The number of halogens is 4. The lowest BCUT2D eigenvalue weighted by Gasteiger charge is -2.10. The number of hydrogen-bond acceptors (Lipinski definition) is 1. The third-order valence-corrected chi connectivity index (χ3v) is 4.19. The average Bonchev–Trinajstić information content (AvgIpc) is 2.62. The van der Waals surface area contributed by atoms with Crippen molar-refractivity contribution in [2.75, 3.05) is 0 Å². The first-order valence-electron chi connectivity index (χ1n) is 8.61. The lowest BCUT2D eigenvalue weighted by Crippen LogP contribution is -2.16. The molecule has 0 N–H and O–H groups in total. The number of aryl methyl sites for hydroxylation is 1. The first-order chi connectivity index (χ1) is 12.9. The second kappa shape index (κ2) is 7.82. The Bertz CT molecular complexity index is 897. The van der Waals surface area contributed by atoms with Crippen LogP contribution in [0.4, 0.5) is 17.6 Å². The molecule has 5 heteroatoms. The van der Waals surface area contributed by atoms with E-state index in [0.717, 1.165) is 35.1 Å². The van der Waals surface area contributed by atoms with E-state index in [4.69, 9.17) is 0 Å².